The Hall–Kier alpha value is -1.31. The molecule has 0 bridgehead atoms. The Morgan fingerprint density at radius 3 is 2.31 bits per heavy atom. The van der Waals surface area contributed by atoms with E-state index in [4.69, 9.17) is 0 Å². The average Bonchev–Trinajstić information content (AvgIpc) is 2.27. The molecule has 0 spiro atoms. The molecule has 88 valence electrons. The number of hydrogen-bond acceptors (Lipinski definition) is 2. The quantitative estimate of drug-likeness (QED) is 0.757. The number of carbonyl (C=O) groups is 1. The van der Waals surface area contributed by atoms with Crippen LogP contribution < -0.4 is 4.90 Å². The third-order valence-corrected chi connectivity index (χ3v) is 2.98. The van der Waals surface area contributed by atoms with Gasteiger partial charge in [0, 0.05) is 12.7 Å². The third-order valence-electron chi connectivity index (χ3n) is 2.98. The molecule has 0 saturated heterocycles. The summed E-state index contributed by atoms with van der Waals surface area (Å²) in [7, 11) is 1.94. The summed E-state index contributed by atoms with van der Waals surface area (Å²) in [6.07, 6.45) is 1.16. The lowest BCUT2D eigenvalue weighted by Gasteiger charge is -2.18. The van der Waals surface area contributed by atoms with Crippen molar-refractivity contribution in [1.29, 1.82) is 0 Å². The highest BCUT2D eigenvalue weighted by molar-refractivity contribution is 5.80. The van der Waals surface area contributed by atoms with E-state index in [0.29, 0.717) is 12.5 Å². The number of ketones is 1. The van der Waals surface area contributed by atoms with Crippen molar-refractivity contribution >= 4 is 11.5 Å². The maximum atomic E-state index is 11.0. The zero-order valence-electron chi connectivity index (χ0n) is 10.7. The van der Waals surface area contributed by atoms with Gasteiger partial charge in [-0.2, -0.15) is 0 Å². The molecule has 16 heavy (non-hydrogen) atoms. The van der Waals surface area contributed by atoms with E-state index in [0.717, 1.165) is 12.1 Å². The van der Waals surface area contributed by atoms with Gasteiger partial charge in [-0.3, -0.25) is 4.79 Å². The van der Waals surface area contributed by atoms with Crippen LogP contribution in [0, 0.1) is 0 Å². The fourth-order valence-corrected chi connectivity index (χ4v) is 1.72. The molecular weight excluding hydrogens is 198 g/mol. The molecule has 1 unspecified atom stereocenters. The van der Waals surface area contributed by atoms with Gasteiger partial charge in [-0.15, -0.1) is 0 Å². The van der Waals surface area contributed by atoms with Crippen LogP contribution in [-0.2, 0) is 4.79 Å². The molecule has 0 N–H and O–H groups in total. The van der Waals surface area contributed by atoms with Gasteiger partial charge >= 0.3 is 0 Å². The molecule has 1 aromatic rings. The molecule has 0 aromatic heterocycles. The number of carbonyl (C=O) groups excluding carboxylic acids is 1. The molecule has 1 rings (SSSR count). The zero-order chi connectivity index (χ0) is 12.1. The van der Waals surface area contributed by atoms with Gasteiger partial charge in [0.15, 0.2) is 0 Å². The molecule has 0 aliphatic carbocycles. The average molecular weight is 219 g/mol. The molecule has 2 heteroatoms. The van der Waals surface area contributed by atoms with Crippen molar-refractivity contribution in [3.05, 3.63) is 29.8 Å². The van der Waals surface area contributed by atoms with E-state index in [1.54, 1.807) is 6.92 Å². The van der Waals surface area contributed by atoms with Gasteiger partial charge in [-0.25, -0.2) is 0 Å². The van der Waals surface area contributed by atoms with Crippen LogP contribution in [0.5, 0.6) is 0 Å². The zero-order valence-corrected chi connectivity index (χ0v) is 10.7. The van der Waals surface area contributed by atoms with Crippen molar-refractivity contribution < 1.29 is 4.79 Å². The minimum atomic E-state index is 0.188. The molecule has 0 amide bonds. The molecule has 0 fully saturated rings. The van der Waals surface area contributed by atoms with E-state index >= 15 is 0 Å². The molecule has 1 aromatic carbocycles. The smallest absolute Gasteiger partial charge is 0.149 e. The number of benzene rings is 1. The minimum absolute atomic E-state index is 0.188. The highest BCUT2D eigenvalue weighted by Gasteiger charge is 2.05. The van der Waals surface area contributed by atoms with E-state index < -0.39 is 0 Å². The number of nitrogens with zero attached hydrogens (tertiary/aromatic N) is 1. The lowest BCUT2D eigenvalue weighted by Crippen LogP contribution is -2.23. The summed E-state index contributed by atoms with van der Waals surface area (Å²) in [6, 6.07) is 8.48. The fourth-order valence-electron chi connectivity index (χ4n) is 1.72. The number of rotatable bonds is 5. The topological polar surface area (TPSA) is 20.3 Å². The second kappa shape index (κ2) is 5.69. The van der Waals surface area contributed by atoms with Crippen LogP contribution in [0.2, 0.25) is 0 Å². The Balaban J connectivity index is 2.74. The summed E-state index contributed by atoms with van der Waals surface area (Å²) in [5.41, 5.74) is 2.46. The van der Waals surface area contributed by atoms with Gasteiger partial charge in [0.1, 0.15) is 5.78 Å². The van der Waals surface area contributed by atoms with Gasteiger partial charge in [0.2, 0.25) is 0 Å². The Morgan fingerprint density at radius 2 is 1.88 bits per heavy atom. The van der Waals surface area contributed by atoms with Crippen LogP contribution in [0.15, 0.2) is 24.3 Å². The lowest BCUT2D eigenvalue weighted by molar-refractivity contribution is -0.115. The number of hydrogen-bond donors (Lipinski definition) is 0. The summed E-state index contributed by atoms with van der Waals surface area (Å²) in [5.74, 6) is 0.792. The van der Waals surface area contributed by atoms with Crippen molar-refractivity contribution in [3.8, 4) is 0 Å². The van der Waals surface area contributed by atoms with E-state index in [1.807, 2.05) is 11.9 Å². The van der Waals surface area contributed by atoms with Crippen LogP contribution in [-0.4, -0.2) is 19.4 Å². The molecule has 0 heterocycles. The van der Waals surface area contributed by atoms with Crippen molar-refractivity contribution in [2.45, 2.75) is 33.1 Å². The first-order valence-electron chi connectivity index (χ1n) is 5.85. The highest BCUT2D eigenvalue weighted by Crippen LogP contribution is 2.21. The van der Waals surface area contributed by atoms with Crippen molar-refractivity contribution in [3.63, 3.8) is 0 Å². The number of Topliss-reactive ketones (excluding diaryl/α,β-unsaturated/α-hetero) is 1. The first kappa shape index (κ1) is 12.8. The number of anilines is 1. The monoisotopic (exact) mass is 219 g/mol. The fraction of sp³-hybridized carbons (Fsp3) is 0.500. The molecule has 0 radical (unpaired) electrons. The molecule has 2 nitrogen and oxygen atoms in total. The molecule has 0 saturated carbocycles. The van der Waals surface area contributed by atoms with Crippen LogP contribution in [0.1, 0.15) is 38.7 Å². The van der Waals surface area contributed by atoms with Gasteiger partial charge in [-0.1, -0.05) is 26.0 Å². The Bertz CT molecular complexity index is 342. The van der Waals surface area contributed by atoms with Crippen molar-refractivity contribution in [1.82, 2.24) is 0 Å². The SMILES string of the molecule is CCC(C)c1ccc(N(C)CC(C)=O)cc1. The second-order valence-corrected chi connectivity index (χ2v) is 4.46. The molecule has 1 atom stereocenters. The number of likely N-dealkylation sites (N-methyl/N-ethyl adjacent to an activating group) is 1. The van der Waals surface area contributed by atoms with Crippen LogP contribution >= 0.6 is 0 Å². The minimum Gasteiger partial charge on any atom is -0.367 e. The lowest BCUT2D eigenvalue weighted by atomic mass is 9.98. The summed E-state index contributed by atoms with van der Waals surface area (Å²) in [5, 5.41) is 0. The summed E-state index contributed by atoms with van der Waals surface area (Å²) >= 11 is 0. The third kappa shape index (κ3) is 3.37. The Morgan fingerprint density at radius 1 is 1.31 bits per heavy atom. The normalized spacial score (nSPS) is 12.2. The summed E-state index contributed by atoms with van der Waals surface area (Å²) in [6.45, 7) is 6.52. The first-order chi connectivity index (χ1) is 7.54. The standard InChI is InChI=1S/C14H21NO/c1-5-11(2)13-6-8-14(9-7-13)15(4)10-12(3)16/h6-9,11H,5,10H2,1-4H3. The van der Waals surface area contributed by atoms with Crippen LogP contribution in [0.3, 0.4) is 0 Å². The maximum Gasteiger partial charge on any atom is 0.149 e. The first-order valence-corrected chi connectivity index (χ1v) is 5.85. The van der Waals surface area contributed by atoms with Gasteiger partial charge < -0.3 is 4.90 Å². The largest absolute Gasteiger partial charge is 0.367 e. The second-order valence-electron chi connectivity index (χ2n) is 4.46. The molecular formula is C14H21NO. The van der Waals surface area contributed by atoms with Crippen molar-refractivity contribution in [2.75, 3.05) is 18.5 Å². The molecule has 0 aliphatic heterocycles. The summed E-state index contributed by atoms with van der Waals surface area (Å²) < 4.78 is 0. The van der Waals surface area contributed by atoms with Crippen LogP contribution in [0.25, 0.3) is 0 Å². The van der Waals surface area contributed by atoms with Crippen LogP contribution in [0.4, 0.5) is 5.69 Å². The van der Waals surface area contributed by atoms with E-state index in [-0.39, 0.29) is 5.78 Å². The predicted molar refractivity (Wildman–Crippen MR) is 69.1 cm³/mol. The predicted octanol–water partition coefficient (Wildman–Crippen LogP) is 3.23. The van der Waals surface area contributed by atoms with E-state index in [9.17, 15) is 4.79 Å². The Kier molecular flexibility index (Phi) is 4.53. The highest BCUT2D eigenvalue weighted by atomic mass is 16.1. The van der Waals surface area contributed by atoms with Gasteiger partial charge in [0.25, 0.3) is 0 Å². The van der Waals surface area contributed by atoms with E-state index in [2.05, 4.69) is 38.1 Å². The van der Waals surface area contributed by atoms with Gasteiger partial charge in [-0.05, 0) is 37.0 Å². The summed E-state index contributed by atoms with van der Waals surface area (Å²) in [4.78, 5) is 13.0. The van der Waals surface area contributed by atoms with Crippen molar-refractivity contribution in [2.24, 2.45) is 0 Å². The van der Waals surface area contributed by atoms with E-state index in [1.165, 1.54) is 5.56 Å². The van der Waals surface area contributed by atoms with Gasteiger partial charge in [0.05, 0.1) is 6.54 Å². The Labute approximate surface area is 98.3 Å². The maximum absolute atomic E-state index is 11.0. The molecule has 0 aliphatic rings.